The average molecular weight is 343 g/mol. The number of nitrogens with two attached hydrogens (primary N) is 1. The summed E-state index contributed by atoms with van der Waals surface area (Å²) in [7, 11) is 0. The van der Waals surface area contributed by atoms with Gasteiger partial charge in [-0.05, 0) is 12.5 Å². The lowest BCUT2D eigenvalue weighted by Crippen LogP contribution is -2.25. The van der Waals surface area contributed by atoms with E-state index in [4.69, 9.17) is 5.73 Å². The van der Waals surface area contributed by atoms with Gasteiger partial charge in [-0.25, -0.2) is 8.78 Å². The Morgan fingerprint density at radius 3 is 2.53 bits per heavy atom. The molecule has 1 aromatic carbocycles. The SMILES string of the molecule is NC(=O)C(Br)Cc1c(F)cc(F)cc1Br. The predicted octanol–water partition coefficient (Wildman–Crippen LogP) is 2.52. The van der Waals surface area contributed by atoms with Gasteiger partial charge in [-0.2, -0.15) is 0 Å². The third-order valence-corrected chi connectivity index (χ3v) is 3.28. The van der Waals surface area contributed by atoms with Crippen LogP contribution in [0.25, 0.3) is 0 Å². The summed E-state index contributed by atoms with van der Waals surface area (Å²) < 4.78 is 26.3. The minimum absolute atomic E-state index is 0.0715. The van der Waals surface area contributed by atoms with Gasteiger partial charge in [0.05, 0.1) is 4.83 Å². The van der Waals surface area contributed by atoms with E-state index in [-0.39, 0.29) is 16.5 Å². The smallest absolute Gasteiger partial charge is 0.231 e. The lowest BCUT2D eigenvalue weighted by molar-refractivity contribution is -0.117. The van der Waals surface area contributed by atoms with Crippen LogP contribution in [0.1, 0.15) is 5.56 Å². The molecule has 0 fully saturated rings. The number of hydrogen-bond donors (Lipinski definition) is 1. The highest BCUT2D eigenvalue weighted by Gasteiger charge is 2.17. The summed E-state index contributed by atoms with van der Waals surface area (Å²) >= 11 is 6.03. The van der Waals surface area contributed by atoms with Gasteiger partial charge in [0.15, 0.2) is 0 Å². The van der Waals surface area contributed by atoms with E-state index in [1.54, 1.807) is 0 Å². The highest BCUT2D eigenvalue weighted by molar-refractivity contribution is 9.10. The number of primary amides is 1. The van der Waals surface area contributed by atoms with Crippen molar-refractivity contribution in [1.82, 2.24) is 0 Å². The number of amides is 1. The van der Waals surface area contributed by atoms with E-state index >= 15 is 0 Å². The van der Waals surface area contributed by atoms with Crippen LogP contribution in [-0.2, 0) is 11.2 Å². The number of carbonyl (C=O) groups is 1. The van der Waals surface area contributed by atoms with Gasteiger partial charge < -0.3 is 5.73 Å². The van der Waals surface area contributed by atoms with Crippen LogP contribution in [0.5, 0.6) is 0 Å². The lowest BCUT2D eigenvalue weighted by atomic mass is 10.1. The third-order valence-electron chi connectivity index (χ3n) is 1.80. The Balaban J connectivity index is 3.00. The molecular formula is C9H7Br2F2NO. The molecule has 1 atom stereocenters. The second kappa shape index (κ2) is 5.03. The molecule has 0 saturated carbocycles. The van der Waals surface area contributed by atoms with Crippen LogP contribution in [-0.4, -0.2) is 10.7 Å². The van der Waals surface area contributed by atoms with Gasteiger partial charge in [-0.1, -0.05) is 31.9 Å². The molecule has 0 bridgehead atoms. The topological polar surface area (TPSA) is 43.1 Å². The third kappa shape index (κ3) is 3.24. The first-order chi connectivity index (χ1) is 6.91. The molecule has 0 aliphatic rings. The minimum Gasteiger partial charge on any atom is -0.369 e. The number of alkyl halides is 1. The van der Waals surface area contributed by atoms with E-state index in [0.717, 1.165) is 12.1 Å². The first-order valence-electron chi connectivity index (χ1n) is 3.98. The number of halogens is 4. The monoisotopic (exact) mass is 341 g/mol. The summed E-state index contributed by atoms with van der Waals surface area (Å²) in [5, 5.41) is 0. The van der Waals surface area contributed by atoms with E-state index in [0.29, 0.717) is 0 Å². The maximum atomic E-state index is 13.3. The van der Waals surface area contributed by atoms with Crippen molar-refractivity contribution in [1.29, 1.82) is 0 Å². The quantitative estimate of drug-likeness (QED) is 0.843. The van der Waals surface area contributed by atoms with Gasteiger partial charge in [0.2, 0.25) is 5.91 Å². The van der Waals surface area contributed by atoms with Crippen molar-refractivity contribution in [3.63, 3.8) is 0 Å². The van der Waals surface area contributed by atoms with Gasteiger partial charge in [-0.15, -0.1) is 0 Å². The van der Waals surface area contributed by atoms with Crippen LogP contribution in [0, 0.1) is 11.6 Å². The van der Waals surface area contributed by atoms with Crippen molar-refractivity contribution < 1.29 is 13.6 Å². The Kier molecular flexibility index (Phi) is 4.21. The number of rotatable bonds is 3. The second-order valence-electron chi connectivity index (χ2n) is 2.92. The molecule has 0 aliphatic carbocycles. The first kappa shape index (κ1) is 12.6. The fourth-order valence-electron chi connectivity index (χ4n) is 1.05. The zero-order valence-corrected chi connectivity index (χ0v) is 10.6. The molecule has 0 aliphatic heterocycles. The molecule has 6 heteroatoms. The maximum Gasteiger partial charge on any atom is 0.231 e. The minimum atomic E-state index is -0.701. The van der Waals surface area contributed by atoms with Crippen molar-refractivity contribution in [3.8, 4) is 0 Å². The normalized spacial score (nSPS) is 12.5. The predicted molar refractivity (Wildman–Crippen MR) is 59.7 cm³/mol. The Labute approximate surface area is 102 Å². The Bertz CT molecular complexity index is 375. The van der Waals surface area contributed by atoms with Gasteiger partial charge in [0, 0.05) is 16.1 Å². The molecule has 0 saturated heterocycles. The zero-order chi connectivity index (χ0) is 11.6. The number of hydrogen-bond acceptors (Lipinski definition) is 1. The fraction of sp³-hybridized carbons (Fsp3) is 0.222. The fourth-order valence-corrected chi connectivity index (χ4v) is 1.94. The lowest BCUT2D eigenvalue weighted by Gasteiger charge is -2.09. The Morgan fingerprint density at radius 1 is 1.47 bits per heavy atom. The molecule has 0 radical (unpaired) electrons. The standard InChI is InChI=1S/C9H7Br2F2NO/c10-6-1-4(12)2-8(13)5(6)3-7(11)9(14)15/h1-2,7H,3H2,(H2,14,15). The average Bonchev–Trinajstić information content (AvgIpc) is 2.10. The van der Waals surface area contributed by atoms with Gasteiger partial charge >= 0.3 is 0 Å². The van der Waals surface area contributed by atoms with E-state index in [1.807, 2.05) is 0 Å². The Hall–Kier alpha value is -0.490. The molecule has 0 aromatic heterocycles. The van der Waals surface area contributed by atoms with Gasteiger partial charge in [0.1, 0.15) is 11.6 Å². The molecule has 1 unspecified atom stereocenters. The molecule has 1 amide bonds. The molecule has 1 rings (SSSR count). The summed E-state index contributed by atoms with van der Waals surface area (Å²) in [4.78, 5) is 10.1. The van der Waals surface area contributed by atoms with Gasteiger partial charge in [0.25, 0.3) is 0 Å². The molecule has 1 aromatic rings. The summed E-state index contributed by atoms with van der Waals surface area (Å²) in [5.74, 6) is -1.97. The molecule has 82 valence electrons. The van der Waals surface area contributed by atoms with Gasteiger partial charge in [-0.3, -0.25) is 4.79 Å². The van der Waals surface area contributed by atoms with Crippen molar-refractivity contribution in [2.24, 2.45) is 5.73 Å². The van der Waals surface area contributed by atoms with Crippen LogP contribution in [0.15, 0.2) is 16.6 Å². The highest BCUT2D eigenvalue weighted by Crippen LogP contribution is 2.24. The summed E-state index contributed by atoms with van der Waals surface area (Å²) in [6.45, 7) is 0. The van der Waals surface area contributed by atoms with Crippen molar-refractivity contribution >= 4 is 37.8 Å². The highest BCUT2D eigenvalue weighted by atomic mass is 79.9. The van der Waals surface area contributed by atoms with Crippen molar-refractivity contribution in [2.75, 3.05) is 0 Å². The first-order valence-corrected chi connectivity index (χ1v) is 5.69. The van der Waals surface area contributed by atoms with E-state index in [9.17, 15) is 13.6 Å². The molecule has 0 spiro atoms. The van der Waals surface area contributed by atoms with E-state index in [1.165, 1.54) is 0 Å². The van der Waals surface area contributed by atoms with Crippen molar-refractivity contribution in [3.05, 3.63) is 33.8 Å². The maximum absolute atomic E-state index is 13.3. The van der Waals surface area contributed by atoms with Crippen LogP contribution in [0.4, 0.5) is 8.78 Å². The second-order valence-corrected chi connectivity index (χ2v) is 4.88. The van der Waals surface area contributed by atoms with Crippen LogP contribution in [0.2, 0.25) is 0 Å². The van der Waals surface area contributed by atoms with E-state index in [2.05, 4.69) is 31.9 Å². The zero-order valence-electron chi connectivity index (χ0n) is 7.44. The summed E-state index contributed by atoms with van der Waals surface area (Å²) in [5.41, 5.74) is 5.24. The molecule has 2 N–H and O–H groups in total. The largest absolute Gasteiger partial charge is 0.369 e. The molecule has 2 nitrogen and oxygen atoms in total. The molecule has 0 heterocycles. The summed E-state index contributed by atoms with van der Waals surface area (Å²) in [6, 6.07) is 1.90. The van der Waals surface area contributed by atoms with Crippen LogP contribution in [0.3, 0.4) is 0 Å². The van der Waals surface area contributed by atoms with E-state index < -0.39 is 22.4 Å². The summed E-state index contributed by atoms with van der Waals surface area (Å²) in [6.07, 6.45) is 0.0715. The number of benzene rings is 1. The molecular weight excluding hydrogens is 336 g/mol. The number of carbonyl (C=O) groups excluding carboxylic acids is 1. The van der Waals surface area contributed by atoms with Crippen LogP contribution >= 0.6 is 31.9 Å². The van der Waals surface area contributed by atoms with Crippen LogP contribution < -0.4 is 5.73 Å². The Morgan fingerprint density at radius 2 is 2.07 bits per heavy atom. The van der Waals surface area contributed by atoms with Crippen molar-refractivity contribution in [2.45, 2.75) is 11.2 Å². The molecule has 15 heavy (non-hydrogen) atoms.